The van der Waals surface area contributed by atoms with Gasteiger partial charge in [0.1, 0.15) is 0 Å². The molecule has 3 heterocycles. The van der Waals surface area contributed by atoms with Gasteiger partial charge in [0.05, 0.1) is 6.54 Å². The molecule has 162 valence electrons. The van der Waals surface area contributed by atoms with Crippen molar-refractivity contribution >= 4 is 11.8 Å². The lowest BCUT2D eigenvalue weighted by Gasteiger charge is -2.37. The maximum atomic E-state index is 14.0. The molecular formula is C21H36FN7. The second-order valence-electron chi connectivity index (χ2n) is 7.92. The number of piperazine rings is 1. The van der Waals surface area contributed by atoms with Crippen LogP contribution in [0.15, 0.2) is 23.3 Å². The summed E-state index contributed by atoms with van der Waals surface area (Å²) in [5.74, 6) is 1.03. The van der Waals surface area contributed by atoms with Crippen LogP contribution in [-0.2, 0) is 0 Å². The number of guanidine groups is 1. The first-order valence-electron chi connectivity index (χ1n) is 11.0. The van der Waals surface area contributed by atoms with Crippen molar-refractivity contribution in [1.82, 2.24) is 25.4 Å². The molecule has 2 atom stereocenters. The van der Waals surface area contributed by atoms with Gasteiger partial charge in [0.25, 0.3) is 0 Å². The monoisotopic (exact) mass is 405 g/mol. The molecular weight excluding hydrogens is 369 g/mol. The predicted molar refractivity (Wildman–Crippen MR) is 117 cm³/mol. The SMILES string of the molecule is CCNC(=NCC(C)N1CCN(CC)CC1)NC1CCN(c2ncccc2F)C1. The Balaban J connectivity index is 1.51. The van der Waals surface area contributed by atoms with Crippen molar-refractivity contribution in [1.29, 1.82) is 0 Å². The molecule has 1 aromatic rings. The summed E-state index contributed by atoms with van der Waals surface area (Å²) in [6.45, 7) is 15.3. The number of rotatable bonds is 7. The normalized spacial score (nSPS) is 22.7. The Hall–Kier alpha value is -1.93. The molecule has 29 heavy (non-hydrogen) atoms. The Morgan fingerprint density at radius 1 is 1.28 bits per heavy atom. The average Bonchev–Trinajstić information content (AvgIpc) is 3.20. The van der Waals surface area contributed by atoms with E-state index in [1.807, 2.05) is 4.90 Å². The van der Waals surface area contributed by atoms with Gasteiger partial charge in [-0.1, -0.05) is 6.92 Å². The van der Waals surface area contributed by atoms with Crippen molar-refractivity contribution in [3.05, 3.63) is 24.1 Å². The third-order valence-electron chi connectivity index (χ3n) is 5.90. The number of aromatic nitrogens is 1. The Bertz CT molecular complexity index is 660. The van der Waals surface area contributed by atoms with Crippen LogP contribution in [0.5, 0.6) is 0 Å². The lowest BCUT2D eigenvalue weighted by molar-refractivity contribution is 0.109. The zero-order valence-electron chi connectivity index (χ0n) is 18.1. The maximum Gasteiger partial charge on any atom is 0.191 e. The molecule has 0 bridgehead atoms. The van der Waals surface area contributed by atoms with Gasteiger partial charge in [-0.3, -0.25) is 9.89 Å². The first-order chi connectivity index (χ1) is 14.1. The molecule has 0 radical (unpaired) electrons. The number of hydrogen-bond acceptors (Lipinski definition) is 5. The Kier molecular flexibility index (Phi) is 8.06. The summed E-state index contributed by atoms with van der Waals surface area (Å²) in [6, 6.07) is 3.75. The van der Waals surface area contributed by atoms with Crippen molar-refractivity contribution in [2.45, 2.75) is 39.3 Å². The summed E-state index contributed by atoms with van der Waals surface area (Å²) in [5.41, 5.74) is 0. The number of likely N-dealkylation sites (N-methyl/N-ethyl adjacent to an activating group) is 1. The van der Waals surface area contributed by atoms with Crippen molar-refractivity contribution in [2.75, 3.05) is 63.8 Å². The van der Waals surface area contributed by atoms with E-state index < -0.39 is 0 Å². The van der Waals surface area contributed by atoms with Crippen molar-refractivity contribution in [3.8, 4) is 0 Å². The number of nitrogens with one attached hydrogen (secondary N) is 2. The van der Waals surface area contributed by atoms with Crippen LogP contribution in [0.25, 0.3) is 0 Å². The molecule has 2 aliphatic rings. The number of anilines is 1. The molecule has 0 saturated carbocycles. The van der Waals surface area contributed by atoms with E-state index in [0.717, 1.165) is 71.3 Å². The van der Waals surface area contributed by atoms with E-state index in [-0.39, 0.29) is 11.9 Å². The van der Waals surface area contributed by atoms with Gasteiger partial charge in [-0.15, -0.1) is 0 Å². The molecule has 2 fully saturated rings. The minimum Gasteiger partial charge on any atom is -0.357 e. The van der Waals surface area contributed by atoms with Crippen molar-refractivity contribution < 1.29 is 4.39 Å². The zero-order valence-corrected chi connectivity index (χ0v) is 18.1. The Labute approximate surface area is 174 Å². The van der Waals surface area contributed by atoms with E-state index in [1.54, 1.807) is 12.3 Å². The Morgan fingerprint density at radius 3 is 2.76 bits per heavy atom. The summed E-state index contributed by atoms with van der Waals surface area (Å²) in [5, 5.41) is 6.88. The molecule has 7 nitrogen and oxygen atoms in total. The number of halogens is 1. The van der Waals surface area contributed by atoms with Gasteiger partial charge < -0.3 is 20.4 Å². The van der Waals surface area contributed by atoms with Crippen LogP contribution in [0, 0.1) is 5.82 Å². The van der Waals surface area contributed by atoms with E-state index in [9.17, 15) is 4.39 Å². The van der Waals surface area contributed by atoms with Crippen molar-refractivity contribution in [2.24, 2.45) is 4.99 Å². The topological polar surface area (TPSA) is 59.0 Å². The van der Waals surface area contributed by atoms with Crippen molar-refractivity contribution in [3.63, 3.8) is 0 Å². The van der Waals surface area contributed by atoms with Crippen LogP contribution in [0.1, 0.15) is 27.2 Å². The quantitative estimate of drug-likeness (QED) is 0.528. The van der Waals surface area contributed by atoms with Gasteiger partial charge in [0.2, 0.25) is 0 Å². The fraction of sp³-hybridized carbons (Fsp3) is 0.714. The summed E-state index contributed by atoms with van der Waals surface area (Å²) in [7, 11) is 0. The largest absolute Gasteiger partial charge is 0.357 e. The van der Waals surface area contributed by atoms with E-state index in [4.69, 9.17) is 4.99 Å². The standard InChI is InChI=1S/C21H36FN7/c1-4-23-21(25-15-17(3)28-13-11-27(5-2)12-14-28)26-18-8-10-29(16-18)20-19(22)7-6-9-24-20/h6-7,9,17-18H,4-5,8,10-16H2,1-3H3,(H2,23,25,26). The second-order valence-corrected chi connectivity index (χ2v) is 7.92. The summed E-state index contributed by atoms with van der Waals surface area (Å²) >= 11 is 0. The van der Waals surface area contributed by atoms with E-state index in [0.29, 0.717) is 11.9 Å². The molecule has 0 amide bonds. The fourth-order valence-corrected chi connectivity index (χ4v) is 4.05. The van der Waals surface area contributed by atoms with Gasteiger partial charge >= 0.3 is 0 Å². The average molecular weight is 406 g/mol. The van der Waals surface area contributed by atoms with Gasteiger partial charge in [-0.25, -0.2) is 9.37 Å². The van der Waals surface area contributed by atoms with Gasteiger partial charge in [-0.2, -0.15) is 0 Å². The highest BCUT2D eigenvalue weighted by molar-refractivity contribution is 5.80. The van der Waals surface area contributed by atoms with Gasteiger partial charge in [-0.05, 0) is 38.9 Å². The summed E-state index contributed by atoms with van der Waals surface area (Å²) in [4.78, 5) is 16.1. The highest BCUT2D eigenvalue weighted by Crippen LogP contribution is 2.20. The zero-order chi connectivity index (χ0) is 20.6. The first-order valence-corrected chi connectivity index (χ1v) is 11.0. The van der Waals surface area contributed by atoms with E-state index >= 15 is 0 Å². The predicted octanol–water partition coefficient (Wildman–Crippen LogP) is 1.38. The van der Waals surface area contributed by atoms with Crippen LogP contribution >= 0.6 is 0 Å². The van der Waals surface area contributed by atoms with E-state index in [1.165, 1.54) is 6.07 Å². The lowest BCUT2D eigenvalue weighted by atomic mass is 10.2. The molecule has 8 heteroatoms. The minimum absolute atomic E-state index is 0.234. The number of nitrogens with zero attached hydrogens (tertiary/aromatic N) is 5. The molecule has 0 spiro atoms. The van der Waals surface area contributed by atoms with Crippen LogP contribution < -0.4 is 15.5 Å². The van der Waals surface area contributed by atoms with Crippen LogP contribution in [-0.4, -0.2) is 91.7 Å². The molecule has 2 unspecified atom stereocenters. The number of pyridine rings is 1. The van der Waals surface area contributed by atoms with E-state index in [2.05, 4.69) is 46.2 Å². The number of hydrogen-bond donors (Lipinski definition) is 2. The second kappa shape index (κ2) is 10.7. The molecule has 0 aliphatic carbocycles. The summed E-state index contributed by atoms with van der Waals surface area (Å²) in [6.07, 6.45) is 2.58. The van der Waals surface area contributed by atoms with Gasteiger partial charge in [0.15, 0.2) is 17.6 Å². The molecule has 1 aromatic heterocycles. The third kappa shape index (κ3) is 6.02. The van der Waals surface area contributed by atoms with Crippen LogP contribution in [0.2, 0.25) is 0 Å². The van der Waals surface area contributed by atoms with Crippen LogP contribution in [0.4, 0.5) is 10.2 Å². The first kappa shape index (κ1) is 21.8. The Morgan fingerprint density at radius 2 is 2.07 bits per heavy atom. The number of aliphatic imine (C=N–C) groups is 1. The third-order valence-corrected chi connectivity index (χ3v) is 5.90. The maximum absolute atomic E-state index is 14.0. The minimum atomic E-state index is -0.259. The molecule has 2 aliphatic heterocycles. The highest BCUT2D eigenvalue weighted by Gasteiger charge is 2.26. The smallest absolute Gasteiger partial charge is 0.191 e. The highest BCUT2D eigenvalue weighted by atomic mass is 19.1. The van der Waals surface area contributed by atoms with Crippen LogP contribution in [0.3, 0.4) is 0 Å². The lowest BCUT2D eigenvalue weighted by Crippen LogP contribution is -2.50. The van der Waals surface area contributed by atoms with Gasteiger partial charge in [0, 0.05) is 64.1 Å². The molecule has 2 N–H and O–H groups in total. The summed E-state index contributed by atoms with van der Waals surface area (Å²) < 4.78 is 14.0. The molecule has 3 rings (SSSR count). The molecule has 2 saturated heterocycles. The fourth-order valence-electron chi connectivity index (χ4n) is 4.05. The molecule has 0 aromatic carbocycles.